The zero-order valence-corrected chi connectivity index (χ0v) is 8.00. The van der Waals surface area contributed by atoms with Crippen molar-refractivity contribution in [3.8, 4) is 0 Å². The molecule has 0 bridgehead atoms. The number of thiol groups is 1. The lowest BCUT2D eigenvalue weighted by Gasteiger charge is -1.87. The van der Waals surface area contributed by atoms with Crippen LogP contribution in [0.2, 0.25) is 0 Å². The monoisotopic (exact) mass is 190 g/mol. The Morgan fingerprint density at radius 2 is 2.15 bits per heavy atom. The summed E-state index contributed by atoms with van der Waals surface area (Å²) in [6, 6.07) is 8.00. The van der Waals surface area contributed by atoms with Gasteiger partial charge in [-0.3, -0.25) is 0 Å². The summed E-state index contributed by atoms with van der Waals surface area (Å²) in [7, 11) is 0. The molecule has 66 valence electrons. The topological polar surface area (TPSA) is 13.1 Å². The number of rotatable bonds is 2. The van der Waals surface area contributed by atoms with Crippen molar-refractivity contribution in [2.24, 2.45) is 0 Å². The molecule has 0 saturated heterocycles. The lowest BCUT2D eigenvalue weighted by Crippen LogP contribution is -1.67. The molecule has 0 atom stereocenters. The normalized spacial score (nSPS) is 11.5. The van der Waals surface area contributed by atoms with E-state index < -0.39 is 0 Å². The van der Waals surface area contributed by atoms with Crippen LogP contribution in [0.25, 0.3) is 17.0 Å². The molecule has 2 heteroatoms. The molecule has 1 heterocycles. The lowest BCUT2D eigenvalue weighted by molar-refractivity contribution is 0.615. The standard InChI is InChI=1S/C11H10OS/c13-7-3-4-9-8-12-11-6-2-1-5-10(9)11/h1-6,8,13H,7H2. The molecule has 0 unspecified atom stereocenters. The Bertz CT molecular complexity index is 428. The number of para-hydroxylation sites is 1. The Balaban J connectivity index is 2.52. The molecule has 0 radical (unpaired) electrons. The molecule has 0 aliphatic heterocycles. The summed E-state index contributed by atoms with van der Waals surface area (Å²) in [5.41, 5.74) is 2.05. The molecule has 0 spiro atoms. The zero-order chi connectivity index (χ0) is 9.10. The lowest BCUT2D eigenvalue weighted by atomic mass is 10.2. The molecule has 0 saturated carbocycles. The van der Waals surface area contributed by atoms with E-state index in [1.807, 2.05) is 30.4 Å². The largest absolute Gasteiger partial charge is 0.464 e. The number of hydrogen-bond acceptors (Lipinski definition) is 2. The summed E-state index contributed by atoms with van der Waals surface area (Å²) in [5, 5.41) is 1.15. The van der Waals surface area contributed by atoms with Crippen molar-refractivity contribution < 1.29 is 4.42 Å². The van der Waals surface area contributed by atoms with Gasteiger partial charge in [0.2, 0.25) is 0 Å². The third-order valence-electron chi connectivity index (χ3n) is 1.91. The molecular formula is C11H10OS. The van der Waals surface area contributed by atoms with Crippen LogP contribution in [0.1, 0.15) is 5.56 Å². The van der Waals surface area contributed by atoms with Crippen LogP contribution in [-0.4, -0.2) is 5.75 Å². The van der Waals surface area contributed by atoms with E-state index in [0.29, 0.717) is 0 Å². The zero-order valence-electron chi connectivity index (χ0n) is 7.10. The van der Waals surface area contributed by atoms with E-state index in [1.165, 1.54) is 0 Å². The van der Waals surface area contributed by atoms with Gasteiger partial charge in [0.25, 0.3) is 0 Å². The predicted molar refractivity (Wildman–Crippen MR) is 59.1 cm³/mol. The van der Waals surface area contributed by atoms with Crippen LogP contribution in [-0.2, 0) is 0 Å². The highest BCUT2D eigenvalue weighted by atomic mass is 32.1. The van der Waals surface area contributed by atoms with Gasteiger partial charge in [0, 0.05) is 16.7 Å². The number of furan rings is 1. The van der Waals surface area contributed by atoms with Crippen molar-refractivity contribution in [2.75, 3.05) is 5.75 Å². The second-order valence-electron chi connectivity index (χ2n) is 2.77. The molecule has 0 fully saturated rings. The van der Waals surface area contributed by atoms with Gasteiger partial charge in [-0.2, -0.15) is 12.6 Å². The first-order valence-corrected chi connectivity index (χ1v) is 4.78. The van der Waals surface area contributed by atoms with Crippen LogP contribution in [0.5, 0.6) is 0 Å². The fourth-order valence-electron chi connectivity index (χ4n) is 1.31. The maximum Gasteiger partial charge on any atom is 0.134 e. The molecule has 1 aromatic carbocycles. The Hall–Kier alpha value is -1.15. The molecule has 0 N–H and O–H groups in total. The fraction of sp³-hybridized carbons (Fsp3) is 0.0909. The van der Waals surface area contributed by atoms with Crippen LogP contribution < -0.4 is 0 Å². The highest BCUT2D eigenvalue weighted by Gasteiger charge is 1.99. The van der Waals surface area contributed by atoms with Crippen LogP contribution in [0.3, 0.4) is 0 Å². The molecule has 2 aromatic rings. The van der Waals surface area contributed by atoms with E-state index in [2.05, 4.69) is 18.7 Å². The van der Waals surface area contributed by atoms with Gasteiger partial charge in [0.1, 0.15) is 5.58 Å². The Morgan fingerprint density at radius 3 is 3.00 bits per heavy atom. The quantitative estimate of drug-likeness (QED) is 0.716. The summed E-state index contributed by atoms with van der Waals surface area (Å²) < 4.78 is 5.37. The van der Waals surface area contributed by atoms with E-state index in [-0.39, 0.29) is 0 Å². The van der Waals surface area contributed by atoms with Crippen molar-refractivity contribution in [3.05, 3.63) is 42.2 Å². The molecule has 0 amide bonds. The first-order valence-electron chi connectivity index (χ1n) is 4.15. The molecule has 0 aliphatic rings. The average molecular weight is 190 g/mol. The maximum absolute atomic E-state index is 5.37. The number of hydrogen-bond donors (Lipinski definition) is 1. The Morgan fingerprint density at radius 1 is 1.31 bits per heavy atom. The van der Waals surface area contributed by atoms with Gasteiger partial charge in [-0.15, -0.1) is 0 Å². The Labute approximate surface area is 82.5 Å². The van der Waals surface area contributed by atoms with Crippen LogP contribution >= 0.6 is 12.6 Å². The summed E-state index contributed by atoms with van der Waals surface area (Å²) in [4.78, 5) is 0. The van der Waals surface area contributed by atoms with Crippen molar-refractivity contribution in [2.45, 2.75) is 0 Å². The van der Waals surface area contributed by atoms with Gasteiger partial charge >= 0.3 is 0 Å². The minimum Gasteiger partial charge on any atom is -0.464 e. The highest BCUT2D eigenvalue weighted by Crippen LogP contribution is 2.21. The predicted octanol–water partition coefficient (Wildman–Crippen LogP) is 3.38. The van der Waals surface area contributed by atoms with Crippen LogP contribution in [0, 0.1) is 0 Å². The Kier molecular flexibility index (Phi) is 2.41. The van der Waals surface area contributed by atoms with E-state index >= 15 is 0 Å². The molecule has 1 nitrogen and oxygen atoms in total. The minimum atomic E-state index is 0.750. The van der Waals surface area contributed by atoms with Crippen LogP contribution in [0.15, 0.2) is 41.0 Å². The van der Waals surface area contributed by atoms with Gasteiger partial charge in [-0.1, -0.05) is 30.4 Å². The SMILES string of the molecule is SCC=Cc1coc2ccccc12. The van der Waals surface area contributed by atoms with Gasteiger partial charge in [0.05, 0.1) is 6.26 Å². The molecule has 1 aromatic heterocycles. The maximum atomic E-state index is 5.37. The second-order valence-corrected chi connectivity index (χ2v) is 3.14. The smallest absolute Gasteiger partial charge is 0.134 e. The molecular weight excluding hydrogens is 180 g/mol. The van der Waals surface area contributed by atoms with Gasteiger partial charge in [-0.25, -0.2) is 0 Å². The van der Waals surface area contributed by atoms with Crippen molar-refractivity contribution in [3.63, 3.8) is 0 Å². The van der Waals surface area contributed by atoms with E-state index in [0.717, 1.165) is 22.3 Å². The molecule has 13 heavy (non-hydrogen) atoms. The molecule has 0 aliphatic carbocycles. The second kappa shape index (κ2) is 3.71. The number of fused-ring (bicyclic) bond motifs is 1. The van der Waals surface area contributed by atoms with E-state index in [1.54, 1.807) is 6.26 Å². The summed E-state index contributed by atoms with van der Waals surface area (Å²) in [5.74, 6) is 0.750. The van der Waals surface area contributed by atoms with Gasteiger partial charge in [0.15, 0.2) is 0 Å². The van der Waals surface area contributed by atoms with Gasteiger partial charge in [-0.05, 0) is 6.07 Å². The molecule has 2 rings (SSSR count). The third-order valence-corrected chi connectivity index (χ3v) is 2.12. The van der Waals surface area contributed by atoms with Crippen molar-refractivity contribution in [1.82, 2.24) is 0 Å². The van der Waals surface area contributed by atoms with Crippen molar-refractivity contribution >= 4 is 29.7 Å². The third kappa shape index (κ3) is 1.63. The summed E-state index contributed by atoms with van der Waals surface area (Å²) in [6.45, 7) is 0. The average Bonchev–Trinajstić information content (AvgIpc) is 2.58. The van der Waals surface area contributed by atoms with Crippen LogP contribution in [0.4, 0.5) is 0 Å². The minimum absolute atomic E-state index is 0.750. The van der Waals surface area contributed by atoms with E-state index in [9.17, 15) is 0 Å². The van der Waals surface area contributed by atoms with E-state index in [4.69, 9.17) is 4.42 Å². The van der Waals surface area contributed by atoms with Gasteiger partial charge < -0.3 is 4.42 Å². The summed E-state index contributed by atoms with van der Waals surface area (Å²) in [6.07, 6.45) is 5.80. The highest BCUT2D eigenvalue weighted by molar-refractivity contribution is 7.80. The first-order chi connectivity index (χ1) is 6.42. The first kappa shape index (κ1) is 8.45. The summed E-state index contributed by atoms with van der Waals surface area (Å²) >= 11 is 4.11. The van der Waals surface area contributed by atoms with Crippen molar-refractivity contribution in [1.29, 1.82) is 0 Å². The fourth-order valence-corrected chi connectivity index (χ4v) is 1.41. The number of benzene rings is 1.